The van der Waals surface area contributed by atoms with E-state index in [1.54, 1.807) is 63.2 Å². The molecular formula is C24H22F3N3O3S. The SMILES string of the molecule is CC(C)OC(=O)c1ccc(NC(=O)[C@H](C)Sc2nc(-c3ccccc3)cc(C(F)(F)F)n2)cc1. The molecule has 0 radical (unpaired) electrons. The zero-order valence-electron chi connectivity index (χ0n) is 18.6. The Hall–Kier alpha value is -3.40. The monoisotopic (exact) mass is 489 g/mol. The molecule has 6 nitrogen and oxygen atoms in total. The number of ether oxygens (including phenoxy) is 1. The molecule has 1 N–H and O–H groups in total. The number of amides is 1. The Labute approximate surface area is 199 Å². The zero-order chi connectivity index (χ0) is 24.9. The molecule has 1 aromatic heterocycles. The fraction of sp³-hybridized carbons (Fsp3) is 0.250. The molecule has 0 unspecified atom stereocenters. The van der Waals surface area contributed by atoms with Gasteiger partial charge < -0.3 is 10.1 Å². The van der Waals surface area contributed by atoms with Gasteiger partial charge in [-0.2, -0.15) is 13.2 Å². The maximum absolute atomic E-state index is 13.4. The number of anilines is 1. The molecule has 2 aromatic carbocycles. The smallest absolute Gasteiger partial charge is 0.433 e. The summed E-state index contributed by atoms with van der Waals surface area (Å²) in [7, 11) is 0. The first kappa shape index (κ1) is 25.2. The molecule has 1 atom stereocenters. The van der Waals surface area contributed by atoms with Gasteiger partial charge in [-0.1, -0.05) is 42.1 Å². The molecule has 0 saturated heterocycles. The highest BCUT2D eigenvalue weighted by Crippen LogP contribution is 2.33. The van der Waals surface area contributed by atoms with E-state index in [4.69, 9.17) is 4.74 Å². The number of carbonyl (C=O) groups is 2. The van der Waals surface area contributed by atoms with Gasteiger partial charge in [0.1, 0.15) is 5.69 Å². The molecule has 10 heteroatoms. The Balaban J connectivity index is 1.74. The van der Waals surface area contributed by atoms with Crippen LogP contribution in [0.1, 0.15) is 36.8 Å². The molecule has 0 bridgehead atoms. The van der Waals surface area contributed by atoms with E-state index in [2.05, 4.69) is 15.3 Å². The van der Waals surface area contributed by atoms with Crippen molar-refractivity contribution >= 4 is 29.3 Å². The Morgan fingerprint density at radius 3 is 2.21 bits per heavy atom. The molecule has 1 heterocycles. The number of hydrogen-bond acceptors (Lipinski definition) is 6. The van der Waals surface area contributed by atoms with Gasteiger partial charge in [0.25, 0.3) is 0 Å². The lowest BCUT2D eigenvalue weighted by atomic mass is 10.1. The van der Waals surface area contributed by atoms with Crippen LogP contribution in [0.25, 0.3) is 11.3 Å². The predicted octanol–water partition coefficient (Wildman–Crippen LogP) is 5.85. The second-order valence-corrected chi connectivity index (χ2v) is 8.87. The predicted molar refractivity (Wildman–Crippen MR) is 123 cm³/mol. The number of nitrogens with one attached hydrogen (secondary N) is 1. The van der Waals surface area contributed by atoms with E-state index >= 15 is 0 Å². The first-order chi connectivity index (χ1) is 16.0. The Kier molecular flexibility index (Phi) is 7.93. The van der Waals surface area contributed by atoms with E-state index in [9.17, 15) is 22.8 Å². The van der Waals surface area contributed by atoms with Gasteiger partial charge in [-0.15, -0.1) is 0 Å². The summed E-state index contributed by atoms with van der Waals surface area (Å²) in [6.07, 6.45) is -4.92. The van der Waals surface area contributed by atoms with Crippen LogP contribution in [0.5, 0.6) is 0 Å². The second kappa shape index (κ2) is 10.7. The van der Waals surface area contributed by atoms with Crippen molar-refractivity contribution in [3.05, 3.63) is 71.9 Å². The molecule has 0 saturated carbocycles. The number of nitrogens with zero attached hydrogens (tertiary/aromatic N) is 2. The summed E-state index contributed by atoms with van der Waals surface area (Å²) in [5.41, 5.74) is 0.293. The van der Waals surface area contributed by atoms with Crippen LogP contribution in [0.2, 0.25) is 0 Å². The van der Waals surface area contributed by atoms with Crippen molar-refractivity contribution in [2.75, 3.05) is 5.32 Å². The van der Waals surface area contributed by atoms with Crippen LogP contribution < -0.4 is 5.32 Å². The summed E-state index contributed by atoms with van der Waals surface area (Å²) in [5, 5.41) is 1.71. The van der Waals surface area contributed by atoms with E-state index < -0.39 is 29.0 Å². The number of halogens is 3. The highest BCUT2D eigenvalue weighted by atomic mass is 32.2. The molecule has 34 heavy (non-hydrogen) atoms. The summed E-state index contributed by atoms with van der Waals surface area (Å²) in [6.45, 7) is 5.02. The van der Waals surface area contributed by atoms with Crippen LogP contribution in [0.4, 0.5) is 18.9 Å². The lowest BCUT2D eigenvalue weighted by Gasteiger charge is -2.14. The van der Waals surface area contributed by atoms with Crippen molar-refractivity contribution in [1.29, 1.82) is 0 Å². The lowest BCUT2D eigenvalue weighted by molar-refractivity contribution is -0.141. The van der Waals surface area contributed by atoms with Gasteiger partial charge in [-0.05, 0) is 51.1 Å². The molecule has 3 aromatic rings. The molecule has 178 valence electrons. The van der Waals surface area contributed by atoms with E-state index in [-0.39, 0.29) is 17.0 Å². The fourth-order valence-electron chi connectivity index (χ4n) is 2.81. The van der Waals surface area contributed by atoms with Crippen molar-refractivity contribution < 1.29 is 27.5 Å². The fourth-order valence-corrected chi connectivity index (χ4v) is 3.59. The van der Waals surface area contributed by atoms with E-state index in [0.717, 1.165) is 17.8 Å². The quantitative estimate of drug-likeness (QED) is 0.255. The van der Waals surface area contributed by atoms with Crippen molar-refractivity contribution in [1.82, 2.24) is 9.97 Å². The summed E-state index contributed by atoms with van der Waals surface area (Å²) in [6, 6.07) is 15.4. The summed E-state index contributed by atoms with van der Waals surface area (Å²) in [4.78, 5) is 32.4. The summed E-state index contributed by atoms with van der Waals surface area (Å²) in [5.74, 6) is -0.933. The number of rotatable bonds is 7. The average molecular weight is 490 g/mol. The topological polar surface area (TPSA) is 81.2 Å². The molecule has 1 amide bonds. The number of aromatic nitrogens is 2. The number of benzene rings is 2. The first-order valence-corrected chi connectivity index (χ1v) is 11.2. The van der Waals surface area contributed by atoms with Crippen LogP contribution in [-0.4, -0.2) is 33.2 Å². The van der Waals surface area contributed by atoms with Gasteiger partial charge >= 0.3 is 12.1 Å². The maximum Gasteiger partial charge on any atom is 0.433 e. The summed E-state index contributed by atoms with van der Waals surface area (Å²) < 4.78 is 45.3. The Bertz CT molecular complexity index is 1150. The largest absolute Gasteiger partial charge is 0.459 e. The number of hydrogen-bond donors (Lipinski definition) is 1. The zero-order valence-corrected chi connectivity index (χ0v) is 19.4. The number of thioether (sulfide) groups is 1. The summed E-state index contributed by atoms with van der Waals surface area (Å²) >= 11 is 0.817. The van der Waals surface area contributed by atoms with Crippen LogP contribution in [0.15, 0.2) is 65.8 Å². The minimum atomic E-state index is -4.66. The molecule has 0 spiro atoms. The third kappa shape index (κ3) is 6.80. The normalized spacial score (nSPS) is 12.3. The average Bonchev–Trinajstić information content (AvgIpc) is 2.79. The van der Waals surface area contributed by atoms with Crippen LogP contribution in [-0.2, 0) is 15.7 Å². The Morgan fingerprint density at radius 1 is 0.971 bits per heavy atom. The van der Waals surface area contributed by atoms with Gasteiger partial charge in [-0.3, -0.25) is 4.79 Å². The Morgan fingerprint density at radius 2 is 1.62 bits per heavy atom. The molecule has 0 aliphatic heterocycles. The number of esters is 1. The van der Waals surface area contributed by atoms with Gasteiger partial charge in [0.2, 0.25) is 5.91 Å². The van der Waals surface area contributed by atoms with Crippen LogP contribution >= 0.6 is 11.8 Å². The van der Waals surface area contributed by atoms with Gasteiger partial charge in [0, 0.05) is 11.3 Å². The van der Waals surface area contributed by atoms with Crippen LogP contribution in [0.3, 0.4) is 0 Å². The molecule has 0 aliphatic rings. The minimum Gasteiger partial charge on any atom is -0.459 e. The molecular weight excluding hydrogens is 467 g/mol. The molecule has 0 fully saturated rings. The standard InChI is InChI=1S/C24H22F3N3O3S/c1-14(2)33-22(32)17-9-11-18(12-10-17)28-21(31)15(3)34-23-29-19(16-7-5-4-6-8-16)13-20(30-23)24(25,26)27/h4-15H,1-3H3,(H,28,31)/t15-/m0/s1. The number of carbonyl (C=O) groups excluding carboxylic acids is 2. The second-order valence-electron chi connectivity index (χ2n) is 7.57. The highest BCUT2D eigenvalue weighted by Gasteiger charge is 2.34. The van der Waals surface area contributed by atoms with Crippen molar-refractivity contribution in [2.24, 2.45) is 0 Å². The van der Waals surface area contributed by atoms with E-state index in [1.165, 1.54) is 12.1 Å². The first-order valence-electron chi connectivity index (χ1n) is 10.3. The van der Waals surface area contributed by atoms with Gasteiger partial charge in [0.05, 0.1) is 22.6 Å². The number of alkyl halides is 3. The highest BCUT2D eigenvalue weighted by molar-refractivity contribution is 8.00. The molecule has 0 aliphatic carbocycles. The maximum atomic E-state index is 13.4. The van der Waals surface area contributed by atoms with Gasteiger partial charge in [0.15, 0.2) is 5.16 Å². The van der Waals surface area contributed by atoms with E-state index in [1.807, 2.05) is 0 Å². The van der Waals surface area contributed by atoms with E-state index in [0.29, 0.717) is 16.8 Å². The molecule has 3 rings (SSSR count). The van der Waals surface area contributed by atoms with Crippen molar-refractivity contribution in [3.63, 3.8) is 0 Å². The minimum absolute atomic E-state index is 0.113. The third-order valence-corrected chi connectivity index (χ3v) is 5.41. The third-order valence-electron chi connectivity index (χ3n) is 4.45. The van der Waals surface area contributed by atoms with Crippen molar-refractivity contribution in [2.45, 2.75) is 43.5 Å². The van der Waals surface area contributed by atoms with Gasteiger partial charge in [-0.25, -0.2) is 14.8 Å². The van der Waals surface area contributed by atoms with Crippen molar-refractivity contribution in [3.8, 4) is 11.3 Å². The lowest BCUT2D eigenvalue weighted by Crippen LogP contribution is -2.23. The van der Waals surface area contributed by atoms with Crippen LogP contribution in [0, 0.1) is 0 Å².